The number of carbonyl (C=O) groups excluding carboxylic acids is 1. The summed E-state index contributed by atoms with van der Waals surface area (Å²) < 4.78 is 2.48. The van der Waals surface area contributed by atoms with Gasteiger partial charge >= 0.3 is 0 Å². The van der Waals surface area contributed by atoms with Crippen LogP contribution in [0.15, 0.2) is 24.3 Å². The van der Waals surface area contributed by atoms with Crippen molar-refractivity contribution >= 4 is 37.3 Å². The standard InChI is InChI=1S/C18H17NOS/c1-10-17-15(11-6-4-5-7-14(11)21-17)16-12(19-10)8-18(2,3)9-13(16)20/h4-7H,8-9H2,1-3H3/p+1. The minimum absolute atomic E-state index is 0.0481. The van der Waals surface area contributed by atoms with E-state index in [9.17, 15) is 4.79 Å². The maximum absolute atomic E-state index is 12.8. The molecule has 0 unspecified atom stereocenters. The number of ketones is 1. The summed E-state index contributed by atoms with van der Waals surface area (Å²) >= 11 is 1.78. The molecule has 2 nitrogen and oxygen atoms in total. The number of aromatic amines is 1. The van der Waals surface area contributed by atoms with Gasteiger partial charge in [-0.05, 0) is 11.5 Å². The van der Waals surface area contributed by atoms with Crippen LogP contribution in [0.3, 0.4) is 0 Å². The molecule has 3 aromatic rings. The fraction of sp³-hybridized carbons (Fsp3) is 0.333. The zero-order chi connectivity index (χ0) is 14.8. The minimum atomic E-state index is 0.0481. The molecular formula is C18H18NOS+. The molecule has 0 fully saturated rings. The average molecular weight is 296 g/mol. The molecule has 0 spiro atoms. The van der Waals surface area contributed by atoms with Crippen LogP contribution < -0.4 is 4.98 Å². The average Bonchev–Trinajstić information content (AvgIpc) is 2.77. The Morgan fingerprint density at radius 2 is 1.95 bits per heavy atom. The molecule has 0 amide bonds. The number of hydrogen-bond donors (Lipinski definition) is 0. The van der Waals surface area contributed by atoms with Crippen molar-refractivity contribution in [3.63, 3.8) is 0 Å². The Hall–Kier alpha value is -1.74. The Morgan fingerprint density at radius 3 is 2.76 bits per heavy atom. The molecule has 106 valence electrons. The highest BCUT2D eigenvalue weighted by Crippen LogP contribution is 2.42. The topological polar surface area (TPSA) is 31.2 Å². The van der Waals surface area contributed by atoms with E-state index >= 15 is 0 Å². The molecule has 0 aliphatic heterocycles. The summed E-state index contributed by atoms with van der Waals surface area (Å²) in [7, 11) is 0. The van der Waals surface area contributed by atoms with E-state index in [1.165, 1.54) is 25.9 Å². The Labute approximate surface area is 127 Å². The monoisotopic (exact) mass is 296 g/mol. The third-order valence-electron chi connectivity index (χ3n) is 4.40. The van der Waals surface area contributed by atoms with Gasteiger partial charge < -0.3 is 0 Å². The van der Waals surface area contributed by atoms with Crippen LogP contribution in [-0.4, -0.2) is 5.78 Å². The molecule has 1 N–H and O–H groups in total. The summed E-state index contributed by atoms with van der Waals surface area (Å²) in [6, 6.07) is 8.41. The van der Waals surface area contributed by atoms with Crippen molar-refractivity contribution in [2.24, 2.45) is 5.41 Å². The molecule has 21 heavy (non-hydrogen) atoms. The summed E-state index contributed by atoms with van der Waals surface area (Å²) in [5, 5.41) is 2.39. The van der Waals surface area contributed by atoms with Crippen LogP contribution in [0.2, 0.25) is 0 Å². The van der Waals surface area contributed by atoms with Crippen LogP contribution in [0.4, 0.5) is 0 Å². The number of carbonyl (C=O) groups is 1. The Balaban J connectivity index is 2.18. The first-order valence-corrected chi connectivity index (χ1v) is 8.17. The lowest BCUT2D eigenvalue weighted by molar-refractivity contribution is -0.399. The van der Waals surface area contributed by atoms with Gasteiger partial charge in [0.25, 0.3) is 0 Å². The third kappa shape index (κ3) is 1.84. The lowest BCUT2D eigenvalue weighted by Crippen LogP contribution is -2.33. The van der Waals surface area contributed by atoms with Crippen LogP contribution in [0.5, 0.6) is 0 Å². The van der Waals surface area contributed by atoms with E-state index in [4.69, 9.17) is 0 Å². The van der Waals surface area contributed by atoms with Crippen molar-refractivity contribution in [3.8, 4) is 0 Å². The Kier molecular flexibility index (Phi) is 2.55. The second-order valence-electron chi connectivity index (χ2n) is 6.85. The molecule has 1 aliphatic rings. The number of fused-ring (bicyclic) bond motifs is 5. The molecule has 1 aromatic carbocycles. The van der Waals surface area contributed by atoms with Crippen molar-refractivity contribution in [1.82, 2.24) is 0 Å². The number of thiophene rings is 1. The van der Waals surface area contributed by atoms with Crippen LogP contribution >= 0.6 is 11.3 Å². The van der Waals surface area contributed by atoms with Crippen molar-refractivity contribution in [2.75, 3.05) is 0 Å². The molecule has 0 saturated heterocycles. The summed E-state index contributed by atoms with van der Waals surface area (Å²) in [6.07, 6.45) is 1.57. The molecule has 4 rings (SSSR count). The molecule has 2 heterocycles. The SMILES string of the molecule is Cc1[nH+]c2c(c3c1sc1ccccc13)C(=O)CC(C)(C)C2. The van der Waals surface area contributed by atoms with Gasteiger partial charge in [0.15, 0.2) is 17.2 Å². The van der Waals surface area contributed by atoms with Crippen LogP contribution in [0, 0.1) is 12.3 Å². The smallest absolute Gasteiger partial charge is 0.194 e. The zero-order valence-corrected chi connectivity index (χ0v) is 13.4. The first-order valence-electron chi connectivity index (χ1n) is 7.35. The van der Waals surface area contributed by atoms with Crippen molar-refractivity contribution in [2.45, 2.75) is 33.6 Å². The number of Topliss-reactive ketones (excluding diaryl/α,β-unsaturated/α-hetero) is 1. The fourth-order valence-corrected chi connectivity index (χ4v) is 4.72. The third-order valence-corrected chi connectivity index (χ3v) is 5.69. The number of benzene rings is 1. The molecule has 1 aliphatic carbocycles. The van der Waals surface area contributed by atoms with Gasteiger partial charge in [-0.2, -0.15) is 0 Å². The van der Waals surface area contributed by atoms with Crippen LogP contribution in [0.1, 0.15) is 42.0 Å². The fourth-order valence-electron chi connectivity index (χ4n) is 3.56. The van der Waals surface area contributed by atoms with Gasteiger partial charge in [0, 0.05) is 35.2 Å². The van der Waals surface area contributed by atoms with E-state index < -0.39 is 0 Å². The van der Waals surface area contributed by atoms with Gasteiger partial charge in [0.2, 0.25) is 0 Å². The molecule has 0 radical (unpaired) electrons. The van der Waals surface area contributed by atoms with E-state index in [1.807, 2.05) is 0 Å². The van der Waals surface area contributed by atoms with Gasteiger partial charge in [0.05, 0.1) is 5.56 Å². The highest BCUT2D eigenvalue weighted by molar-refractivity contribution is 7.26. The second-order valence-corrected chi connectivity index (χ2v) is 7.90. The largest absolute Gasteiger partial charge is 0.294 e. The summed E-state index contributed by atoms with van der Waals surface area (Å²) in [5.74, 6) is 0.283. The summed E-state index contributed by atoms with van der Waals surface area (Å²) in [5.41, 5.74) is 3.28. The first-order chi connectivity index (χ1) is 9.96. The molecule has 0 bridgehead atoms. The van der Waals surface area contributed by atoms with Crippen LogP contribution in [0.25, 0.3) is 20.2 Å². The molecule has 3 heteroatoms. The lowest BCUT2D eigenvalue weighted by Gasteiger charge is -2.27. The maximum atomic E-state index is 12.8. The highest BCUT2D eigenvalue weighted by Gasteiger charge is 2.37. The number of rotatable bonds is 0. The normalized spacial score (nSPS) is 17.4. The van der Waals surface area contributed by atoms with Gasteiger partial charge in [-0.25, -0.2) is 4.98 Å². The predicted molar refractivity (Wildman–Crippen MR) is 87.1 cm³/mol. The number of hydrogen-bond acceptors (Lipinski definition) is 2. The van der Waals surface area contributed by atoms with E-state index in [-0.39, 0.29) is 11.2 Å². The van der Waals surface area contributed by atoms with Crippen LogP contribution in [-0.2, 0) is 6.42 Å². The molecule has 0 atom stereocenters. The van der Waals surface area contributed by atoms with Crippen molar-refractivity contribution < 1.29 is 9.78 Å². The van der Waals surface area contributed by atoms with E-state index in [0.29, 0.717) is 6.42 Å². The van der Waals surface area contributed by atoms with E-state index in [2.05, 4.69) is 50.0 Å². The minimum Gasteiger partial charge on any atom is -0.294 e. The van der Waals surface area contributed by atoms with E-state index in [1.54, 1.807) is 11.3 Å². The molecule has 2 aromatic heterocycles. The zero-order valence-electron chi connectivity index (χ0n) is 12.5. The Morgan fingerprint density at radius 1 is 1.19 bits per heavy atom. The number of H-pyrrole nitrogens is 1. The number of pyridine rings is 1. The molecule has 0 saturated carbocycles. The highest BCUT2D eigenvalue weighted by atomic mass is 32.1. The number of aromatic nitrogens is 1. The van der Waals surface area contributed by atoms with E-state index in [0.717, 1.165) is 17.7 Å². The number of nitrogens with one attached hydrogen (secondary N) is 1. The van der Waals surface area contributed by atoms with Gasteiger partial charge in [-0.3, -0.25) is 4.79 Å². The number of aryl methyl sites for hydroxylation is 1. The summed E-state index contributed by atoms with van der Waals surface area (Å²) in [6.45, 7) is 6.46. The van der Waals surface area contributed by atoms with Gasteiger partial charge in [-0.1, -0.05) is 32.0 Å². The summed E-state index contributed by atoms with van der Waals surface area (Å²) in [4.78, 5) is 16.3. The quantitative estimate of drug-likeness (QED) is 0.607. The lowest BCUT2D eigenvalue weighted by atomic mass is 9.74. The molecular weight excluding hydrogens is 278 g/mol. The predicted octanol–water partition coefficient (Wildman–Crippen LogP) is 4.33. The van der Waals surface area contributed by atoms with Crippen molar-refractivity contribution in [1.29, 1.82) is 0 Å². The van der Waals surface area contributed by atoms with Gasteiger partial charge in [0.1, 0.15) is 4.70 Å². The maximum Gasteiger partial charge on any atom is 0.194 e. The first kappa shape index (κ1) is 13.0. The second kappa shape index (κ2) is 4.14. The van der Waals surface area contributed by atoms with Crippen molar-refractivity contribution in [3.05, 3.63) is 41.2 Å². The Bertz CT molecular complexity index is 904. The van der Waals surface area contributed by atoms with Gasteiger partial charge in [-0.15, -0.1) is 11.3 Å².